The van der Waals surface area contributed by atoms with E-state index in [0.717, 1.165) is 19.0 Å². The van der Waals surface area contributed by atoms with E-state index in [4.69, 9.17) is 0 Å². The van der Waals surface area contributed by atoms with Crippen molar-refractivity contribution in [3.63, 3.8) is 0 Å². The first-order valence-corrected chi connectivity index (χ1v) is 7.28. The summed E-state index contributed by atoms with van der Waals surface area (Å²) in [5.41, 5.74) is 4.57. The van der Waals surface area contributed by atoms with Crippen molar-refractivity contribution in [2.45, 2.75) is 32.7 Å². The van der Waals surface area contributed by atoms with Gasteiger partial charge in [0.15, 0.2) is 0 Å². The van der Waals surface area contributed by atoms with Gasteiger partial charge in [0.1, 0.15) is 0 Å². The molecule has 4 heteroatoms. The number of piperazine rings is 1. The molecule has 1 heterocycles. The van der Waals surface area contributed by atoms with Crippen LogP contribution in [0.3, 0.4) is 0 Å². The Bertz CT molecular complexity index is 406. The summed E-state index contributed by atoms with van der Waals surface area (Å²) in [6.07, 6.45) is 2.84. The van der Waals surface area contributed by atoms with E-state index in [2.05, 4.69) is 42.3 Å². The molecule has 3 rings (SSSR count). The molecule has 2 nitrogen and oxygen atoms in total. The smallest absolute Gasteiger partial charge is 0.0382 e. The van der Waals surface area contributed by atoms with Crippen LogP contribution in [0.2, 0.25) is 0 Å². The standard InChI is InChI=1S/C16H24N2.2ClH/c1-12-4-3-5-13(2)15(12)16(14-6-7-14)18-10-8-17-9-11-18;;/h3-5,14,16-17H,6-11H2,1-2H3;2*1H/t16-;;/m1../s1. The molecule has 1 saturated heterocycles. The average Bonchev–Trinajstić information content (AvgIpc) is 3.19. The van der Waals surface area contributed by atoms with Crippen LogP contribution in [0.25, 0.3) is 0 Å². The van der Waals surface area contributed by atoms with Gasteiger partial charge < -0.3 is 5.32 Å². The van der Waals surface area contributed by atoms with Crippen LogP contribution in [0, 0.1) is 19.8 Å². The van der Waals surface area contributed by atoms with Crippen LogP contribution in [-0.4, -0.2) is 31.1 Å². The number of halogens is 2. The van der Waals surface area contributed by atoms with Crippen molar-refractivity contribution in [1.29, 1.82) is 0 Å². The van der Waals surface area contributed by atoms with Gasteiger partial charge in [0.25, 0.3) is 0 Å². The molecule has 1 aliphatic carbocycles. The van der Waals surface area contributed by atoms with Gasteiger partial charge in [-0.1, -0.05) is 18.2 Å². The quantitative estimate of drug-likeness (QED) is 0.918. The van der Waals surface area contributed by atoms with Gasteiger partial charge in [0, 0.05) is 32.2 Å². The van der Waals surface area contributed by atoms with E-state index in [-0.39, 0.29) is 24.8 Å². The maximum absolute atomic E-state index is 3.47. The highest BCUT2D eigenvalue weighted by Crippen LogP contribution is 2.46. The SMILES string of the molecule is Cc1cccc(C)c1[C@@H](C1CC1)N1CCNCC1.Cl.Cl. The van der Waals surface area contributed by atoms with Crippen molar-refractivity contribution < 1.29 is 0 Å². The lowest BCUT2D eigenvalue weighted by Gasteiger charge is -2.37. The van der Waals surface area contributed by atoms with Crippen LogP contribution in [0.1, 0.15) is 35.6 Å². The van der Waals surface area contributed by atoms with Gasteiger partial charge in [-0.05, 0) is 49.3 Å². The van der Waals surface area contributed by atoms with E-state index in [9.17, 15) is 0 Å². The number of hydrogen-bond donors (Lipinski definition) is 1. The Morgan fingerprint density at radius 1 is 1.05 bits per heavy atom. The van der Waals surface area contributed by atoms with Crippen LogP contribution < -0.4 is 5.32 Å². The molecule has 1 saturated carbocycles. The maximum atomic E-state index is 3.47. The fourth-order valence-electron chi connectivity index (χ4n) is 3.38. The summed E-state index contributed by atoms with van der Waals surface area (Å²) in [7, 11) is 0. The van der Waals surface area contributed by atoms with Gasteiger partial charge in [-0.15, -0.1) is 24.8 Å². The molecule has 0 spiro atoms. The van der Waals surface area contributed by atoms with Crippen molar-refractivity contribution in [3.8, 4) is 0 Å². The lowest BCUT2D eigenvalue weighted by atomic mass is 9.91. The molecule has 1 aromatic rings. The summed E-state index contributed by atoms with van der Waals surface area (Å²) in [4.78, 5) is 2.71. The monoisotopic (exact) mass is 316 g/mol. The van der Waals surface area contributed by atoms with Gasteiger partial charge >= 0.3 is 0 Å². The number of rotatable bonds is 3. The lowest BCUT2D eigenvalue weighted by Crippen LogP contribution is -2.46. The van der Waals surface area contributed by atoms with Crippen LogP contribution in [-0.2, 0) is 0 Å². The highest BCUT2D eigenvalue weighted by molar-refractivity contribution is 5.85. The Balaban J connectivity index is 0.000001000. The zero-order chi connectivity index (χ0) is 12.5. The molecule has 1 N–H and O–H groups in total. The molecule has 1 aromatic carbocycles. The summed E-state index contributed by atoms with van der Waals surface area (Å²) < 4.78 is 0. The number of nitrogens with zero attached hydrogens (tertiary/aromatic N) is 1. The van der Waals surface area contributed by atoms with E-state index in [1.807, 2.05) is 0 Å². The summed E-state index contributed by atoms with van der Waals surface area (Å²) in [6, 6.07) is 7.42. The first kappa shape index (κ1) is 17.8. The van der Waals surface area contributed by atoms with Gasteiger partial charge in [0.2, 0.25) is 0 Å². The summed E-state index contributed by atoms with van der Waals surface area (Å²) >= 11 is 0. The molecule has 2 fully saturated rings. The summed E-state index contributed by atoms with van der Waals surface area (Å²) in [5.74, 6) is 0.905. The minimum absolute atomic E-state index is 0. The van der Waals surface area contributed by atoms with Crippen molar-refractivity contribution in [3.05, 3.63) is 34.9 Å². The van der Waals surface area contributed by atoms with E-state index in [0.29, 0.717) is 6.04 Å². The molecular weight excluding hydrogens is 291 g/mol. The van der Waals surface area contributed by atoms with Crippen LogP contribution in [0.15, 0.2) is 18.2 Å². The molecule has 1 atom stereocenters. The van der Waals surface area contributed by atoms with E-state index in [1.54, 1.807) is 5.56 Å². The predicted octanol–water partition coefficient (Wildman–Crippen LogP) is 3.50. The Labute approximate surface area is 135 Å². The van der Waals surface area contributed by atoms with Gasteiger partial charge in [-0.25, -0.2) is 0 Å². The van der Waals surface area contributed by atoms with Crippen molar-refractivity contribution in [2.75, 3.05) is 26.2 Å². The number of benzene rings is 1. The van der Waals surface area contributed by atoms with Crippen LogP contribution >= 0.6 is 24.8 Å². The topological polar surface area (TPSA) is 15.3 Å². The second-order valence-electron chi connectivity index (χ2n) is 5.87. The fourth-order valence-corrected chi connectivity index (χ4v) is 3.38. The van der Waals surface area contributed by atoms with Gasteiger partial charge in [0.05, 0.1) is 0 Å². The summed E-state index contributed by atoms with van der Waals surface area (Å²) in [5, 5.41) is 3.47. The zero-order valence-corrected chi connectivity index (χ0v) is 14.0. The Morgan fingerprint density at radius 3 is 2.10 bits per heavy atom. The second kappa shape index (κ2) is 7.65. The van der Waals surface area contributed by atoms with E-state index in [1.165, 1.54) is 37.1 Å². The van der Waals surface area contributed by atoms with E-state index < -0.39 is 0 Å². The normalized spacial score (nSPS) is 20.7. The molecule has 0 aromatic heterocycles. The molecule has 20 heavy (non-hydrogen) atoms. The first-order chi connectivity index (χ1) is 8.77. The molecule has 2 aliphatic rings. The lowest BCUT2D eigenvalue weighted by molar-refractivity contribution is 0.155. The number of hydrogen-bond acceptors (Lipinski definition) is 2. The molecule has 1 aliphatic heterocycles. The minimum atomic E-state index is 0. The fraction of sp³-hybridized carbons (Fsp3) is 0.625. The second-order valence-corrected chi connectivity index (χ2v) is 5.87. The Morgan fingerprint density at radius 2 is 1.60 bits per heavy atom. The zero-order valence-electron chi connectivity index (χ0n) is 12.4. The highest BCUT2D eigenvalue weighted by atomic mass is 35.5. The molecule has 0 bridgehead atoms. The molecule has 0 unspecified atom stereocenters. The Hall–Kier alpha value is -0.280. The first-order valence-electron chi connectivity index (χ1n) is 7.28. The van der Waals surface area contributed by atoms with E-state index >= 15 is 0 Å². The maximum Gasteiger partial charge on any atom is 0.0382 e. The third-order valence-corrected chi connectivity index (χ3v) is 4.45. The average molecular weight is 317 g/mol. The van der Waals surface area contributed by atoms with Gasteiger partial charge in [-0.2, -0.15) is 0 Å². The predicted molar refractivity (Wildman–Crippen MR) is 90.3 cm³/mol. The molecule has 0 amide bonds. The summed E-state index contributed by atoms with van der Waals surface area (Å²) in [6.45, 7) is 9.26. The van der Waals surface area contributed by atoms with Crippen LogP contribution in [0.4, 0.5) is 0 Å². The molecule has 0 radical (unpaired) electrons. The largest absolute Gasteiger partial charge is 0.314 e. The molecule has 114 valence electrons. The third-order valence-electron chi connectivity index (χ3n) is 4.45. The van der Waals surface area contributed by atoms with Crippen molar-refractivity contribution in [2.24, 2.45) is 5.92 Å². The van der Waals surface area contributed by atoms with Crippen molar-refractivity contribution in [1.82, 2.24) is 10.2 Å². The highest BCUT2D eigenvalue weighted by Gasteiger charge is 2.37. The molecular formula is C16H26Cl2N2. The van der Waals surface area contributed by atoms with Crippen molar-refractivity contribution >= 4 is 24.8 Å². The van der Waals surface area contributed by atoms with Crippen LogP contribution in [0.5, 0.6) is 0 Å². The third kappa shape index (κ3) is 3.67. The number of aryl methyl sites for hydroxylation is 2. The number of nitrogens with one attached hydrogen (secondary N) is 1. The minimum Gasteiger partial charge on any atom is -0.314 e. The Kier molecular flexibility index (Phi) is 6.80. The van der Waals surface area contributed by atoms with Gasteiger partial charge in [-0.3, -0.25) is 4.90 Å².